The number of hydrogen-bond donors (Lipinski definition) is 2. The van der Waals surface area contributed by atoms with Crippen LogP contribution in [-0.4, -0.2) is 23.0 Å². The van der Waals surface area contributed by atoms with Gasteiger partial charge in [0.05, 0.1) is 11.1 Å². The van der Waals surface area contributed by atoms with Crippen molar-refractivity contribution in [3.8, 4) is 11.3 Å². The Morgan fingerprint density at radius 1 is 1.07 bits per heavy atom. The summed E-state index contributed by atoms with van der Waals surface area (Å²) in [7, 11) is 0. The van der Waals surface area contributed by atoms with E-state index in [1.807, 2.05) is 0 Å². The highest BCUT2D eigenvalue weighted by Crippen LogP contribution is 2.25. The van der Waals surface area contributed by atoms with Gasteiger partial charge >= 0.3 is 11.8 Å². The van der Waals surface area contributed by atoms with Gasteiger partial charge in [0, 0.05) is 27.9 Å². The van der Waals surface area contributed by atoms with E-state index >= 15 is 0 Å². The van der Waals surface area contributed by atoms with Crippen molar-refractivity contribution in [2.24, 2.45) is 5.10 Å². The first-order valence-corrected chi connectivity index (χ1v) is 8.96. The molecule has 3 aromatic rings. The van der Waals surface area contributed by atoms with Crippen LogP contribution in [0.3, 0.4) is 0 Å². The van der Waals surface area contributed by atoms with E-state index in [-0.39, 0.29) is 5.69 Å². The molecule has 0 aliphatic heterocycles. The van der Waals surface area contributed by atoms with Crippen molar-refractivity contribution in [2.75, 3.05) is 5.32 Å². The van der Waals surface area contributed by atoms with Gasteiger partial charge < -0.3 is 9.73 Å². The molecule has 2 amide bonds. The van der Waals surface area contributed by atoms with Gasteiger partial charge in [-0.1, -0.05) is 28.1 Å². The summed E-state index contributed by atoms with van der Waals surface area (Å²) in [6, 6.07) is 15.9. The lowest BCUT2D eigenvalue weighted by Crippen LogP contribution is -2.32. The van der Waals surface area contributed by atoms with Gasteiger partial charge in [-0.15, -0.1) is 0 Å². The number of non-ortho nitro benzene ring substituents is 1. The van der Waals surface area contributed by atoms with Gasteiger partial charge in [-0.2, -0.15) is 5.10 Å². The van der Waals surface area contributed by atoms with Gasteiger partial charge in [0.15, 0.2) is 0 Å². The SMILES string of the molecule is O=C(N/N=C/c1ccc(-c2cccc([N+](=O)[O-])c2)o1)C(=O)Nc1ccc(Br)cc1. The molecule has 0 radical (unpaired) electrons. The van der Waals surface area contributed by atoms with E-state index in [0.29, 0.717) is 22.8 Å². The van der Waals surface area contributed by atoms with Crippen LogP contribution in [0.15, 0.2) is 74.7 Å². The fourth-order valence-corrected chi connectivity index (χ4v) is 2.54. The zero-order chi connectivity index (χ0) is 20.8. The molecule has 9 nitrogen and oxygen atoms in total. The van der Waals surface area contributed by atoms with Crippen molar-refractivity contribution >= 4 is 45.3 Å². The predicted molar refractivity (Wildman–Crippen MR) is 109 cm³/mol. The van der Waals surface area contributed by atoms with Gasteiger partial charge in [-0.05, 0) is 36.4 Å². The van der Waals surface area contributed by atoms with Crippen LogP contribution in [0.5, 0.6) is 0 Å². The molecule has 10 heteroatoms. The molecule has 1 heterocycles. The average Bonchev–Trinajstić information content (AvgIpc) is 3.18. The van der Waals surface area contributed by atoms with Crippen molar-refractivity contribution in [2.45, 2.75) is 0 Å². The third-order valence-electron chi connectivity index (χ3n) is 3.63. The van der Waals surface area contributed by atoms with Crippen LogP contribution in [-0.2, 0) is 9.59 Å². The molecule has 29 heavy (non-hydrogen) atoms. The topological polar surface area (TPSA) is 127 Å². The lowest BCUT2D eigenvalue weighted by atomic mass is 10.1. The number of hydrazone groups is 1. The van der Waals surface area contributed by atoms with E-state index in [0.717, 1.165) is 4.47 Å². The van der Waals surface area contributed by atoms with Gasteiger partial charge in [-0.3, -0.25) is 19.7 Å². The number of halogens is 1. The number of nitrogens with zero attached hydrogens (tertiary/aromatic N) is 2. The molecular formula is C19H13BrN4O5. The maximum absolute atomic E-state index is 11.8. The lowest BCUT2D eigenvalue weighted by molar-refractivity contribution is -0.384. The smallest absolute Gasteiger partial charge is 0.329 e. The molecule has 1 aromatic heterocycles. The van der Waals surface area contributed by atoms with Crippen molar-refractivity contribution in [3.63, 3.8) is 0 Å². The first-order valence-electron chi connectivity index (χ1n) is 8.17. The number of anilines is 1. The molecular weight excluding hydrogens is 444 g/mol. The number of nitrogens with one attached hydrogen (secondary N) is 2. The molecule has 0 aliphatic carbocycles. The monoisotopic (exact) mass is 456 g/mol. The average molecular weight is 457 g/mol. The van der Waals surface area contributed by atoms with Crippen LogP contribution in [0.2, 0.25) is 0 Å². The minimum absolute atomic E-state index is 0.0573. The van der Waals surface area contributed by atoms with Crippen molar-refractivity contribution in [1.82, 2.24) is 5.43 Å². The fourth-order valence-electron chi connectivity index (χ4n) is 2.28. The minimum Gasteiger partial charge on any atom is -0.455 e. The number of benzene rings is 2. The maximum atomic E-state index is 11.8. The van der Waals surface area contributed by atoms with Gasteiger partial charge in [0.25, 0.3) is 5.69 Å². The van der Waals surface area contributed by atoms with E-state index in [1.54, 1.807) is 48.5 Å². The molecule has 0 spiro atoms. The number of furan rings is 1. The Morgan fingerprint density at radius 3 is 2.55 bits per heavy atom. The third-order valence-corrected chi connectivity index (χ3v) is 4.16. The van der Waals surface area contributed by atoms with Gasteiger partial charge in [-0.25, -0.2) is 5.43 Å². The normalized spacial score (nSPS) is 10.7. The summed E-state index contributed by atoms with van der Waals surface area (Å²) in [5.41, 5.74) is 3.03. The number of nitro benzene ring substituents is 1. The summed E-state index contributed by atoms with van der Waals surface area (Å²) >= 11 is 3.27. The largest absolute Gasteiger partial charge is 0.455 e. The van der Waals surface area contributed by atoms with Crippen molar-refractivity contribution in [1.29, 1.82) is 0 Å². The van der Waals surface area contributed by atoms with E-state index < -0.39 is 16.7 Å². The molecule has 0 saturated heterocycles. The van der Waals surface area contributed by atoms with Gasteiger partial charge in [0.2, 0.25) is 0 Å². The highest BCUT2D eigenvalue weighted by molar-refractivity contribution is 9.10. The van der Waals surface area contributed by atoms with Crippen LogP contribution < -0.4 is 10.7 Å². The second-order valence-electron chi connectivity index (χ2n) is 5.67. The molecule has 3 rings (SSSR count). The first kappa shape index (κ1) is 20.0. The third kappa shape index (κ3) is 5.36. The van der Waals surface area contributed by atoms with E-state index in [9.17, 15) is 19.7 Å². The van der Waals surface area contributed by atoms with Crippen LogP contribution in [0.25, 0.3) is 11.3 Å². The predicted octanol–water partition coefficient (Wildman–Crippen LogP) is 3.71. The van der Waals surface area contributed by atoms with Crippen LogP contribution in [0.1, 0.15) is 5.76 Å². The number of nitro groups is 1. The summed E-state index contributed by atoms with van der Waals surface area (Å²) in [5, 5.41) is 17.0. The quantitative estimate of drug-likeness (QED) is 0.261. The molecule has 0 saturated carbocycles. The minimum atomic E-state index is -0.949. The molecule has 0 fully saturated rings. The Hall–Kier alpha value is -3.79. The molecule has 0 unspecified atom stereocenters. The Bertz CT molecular complexity index is 1090. The zero-order valence-electron chi connectivity index (χ0n) is 14.7. The van der Waals surface area contributed by atoms with E-state index in [4.69, 9.17) is 4.42 Å². The summed E-state index contributed by atoms with van der Waals surface area (Å²) in [4.78, 5) is 34.0. The molecule has 0 bridgehead atoms. The van der Waals surface area contributed by atoms with Crippen molar-refractivity contribution < 1.29 is 18.9 Å². The van der Waals surface area contributed by atoms with E-state index in [2.05, 4.69) is 31.8 Å². The molecule has 0 aliphatic rings. The Kier molecular flexibility index (Phi) is 6.15. The molecule has 0 atom stereocenters. The Balaban J connectivity index is 1.58. The molecule has 146 valence electrons. The van der Waals surface area contributed by atoms with Crippen LogP contribution in [0.4, 0.5) is 11.4 Å². The summed E-state index contributed by atoms with van der Waals surface area (Å²) in [5.74, 6) is -1.13. The summed E-state index contributed by atoms with van der Waals surface area (Å²) in [6.45, 7) is 0. The first-order chi connectivity index (χ1) is 13.9. The zero-order valence-corrected chi connectivity index (χ0v) is 16.3. The van der Waals surface area contributed by atoms with E-state index in [1.165, 1.54) is 18.3 Å². The Morgan fingerprint density at radius 2 is 1.83 bits per heavy atom. The second kappa shape index (κ2) is 8.93. The van der Waals surface area contributed by atoms with Crippen LogP contribution in [0, 0.1) is 10.1 Å². The summed E-state index contributed by atoms with van der Waals surface area (Å²) in [6.07, 6.45) is 1.21. The fraction of sp³-hybridized carbons (Fsp3) is 0. The molecule has 2 N–H and O–H groups in total. The standard InChI is InChI=1S/C19H13BrN4O5/c20-13-4-6-14(7-5-13)22-18(25)19(26)23-21-11-16-8-9-17(29-16)12-2-1-3-15(10-12)24(27)28/h1-11H,(H,22,25)(H,23,26)/b21-11+. The summed E-state index contributed by atoms with van der Waals surface area (Å²) < 4.78 is 6.37. The Labute approximate surface area is 172 Å². The highest BCUT2D eigenvalue weighted by atomic mass is 79.9. The number of hydrogen-bond acceptors (Lipinski definition) is 6. The second-order valence-corrected chi connectivity index (χ2v) is 6.59. The number of amides is 2. The number of carbonyl (C=O) groups excluding carboxylic acids is 2. The van der Waals surface area contributed by atoms with Crippen LogP contribution >= 0.6 is 15.9 Å². The van der Waals surface area contributed by atoms with Gasteiger partial charge in [0.1, 0.15) is 11.5 Å². The highest BCUT2D eigenvalue weighted by Gasteiger charge is 2.13. The van der Waals surface area contributed by atoms with Crippen molar-refractivity contribution in [3.05, 3.63) is 81.0 Å². The lowest BCUT2D eigenvalue weighted by Gasteiger charge is -2.03. The maximum Gasteiger partial charge on any atom is 0.329 e. The molecule has 2 aromatic carbocycles. The number of rotatable bonds is 5. The number of carbonyl (C=O) groups is 2.